The highest BCUT2D eigenvalue weighted by atomic mass is 15.2. The first-order valence-electron chi connectivity index (χ1n) is 6.83. The van der Waals surface area contributed by atoms with Crippen LogP contribution in [0.4, 0.5) is 5.95 Å². The van der Waals surface area contributed by atoms with Gasteiger partial charge in [0.05, 0.1) is 22.2 Å². The number of anilines is 1. The monoisotopic (exact) mass is 274 g/mol. The Morgan fingerprint density at radius 3 is 2.71 bits per heavy atom. The Morgan fingerprint density at radius 2 is 1.81 bits per heavy atom. The molecule has 4 aromatic rings. The minimum atomic E-state index is 0.484. The van der Waals surface area contributed by atoms with Crippen molar-refractivity contribution in [1.82, 2.24) is 14.5 Å². The van der Waals surface area contributed by atoms with E-state index in [0.29, 0.717) is 5.95 Å². The molecule has 0 saturated heterocycles. The van der Waals surface area contributed by atoms with Crippen LogP contribution in [0.5, 0.6) is 0 Å². The maximum Gasteiger partial charge on any atom is 0.206 e. The van der Waals surface area contributed by atoms with Crippen LogP contribution in [0.25, 0.3) is 27.6 Å². The van der Waals surface area contributed by atoms with Gasteiger partial charge in [-0.05, 0) is 30.7 Å². The molecule has 4 nitrogen and oxygen atoms in total. The van der Waals surface area contributed by atoms with E-state index in [1.165, 1.54) is 0 Å². The predicted octanol–water partition coefficient (Wildman–Crippen LogP) is 3.46. The number of pyridine rings is 1. The van der Waals surface area contributed by atoms with Crippen LogP contribution in [0.15, 0.2) is 54.7 Å². The zero-order chi connectivity index (χ0) is 14.4. The molecule has 102 valence electrons. The number of nitrogens with two attached hydrogens (primary N) is 1. The van der Waals surface area contributed by atoms with Crippen LogP contribution in [-0.4, -0.2) is 14.5 Å². The summed E-state index contributed by atoms with van der Waals surface area (Å²) in [5, 5.41) is 1.09. The lowest BCUT2D eigenvalue weighted by Gasteiger charge is -2.10. The second-order valence-electron chi connectivity index (χ2n) is 5.10. The van der Waals surface area contributed by atoms with Crippen molar-refractivity contribution in [3.63, 3.8) is 0 Å². The molecule has 0 aliphatic rings. The summed E-state index contributed by atoms with van der Waals surface area (Å²) >= 11 is 0. The lowest BCUT2D eigenvalue weighted by molar-refractivity contribution is 1.11. The summed E-state index contributed by atoms with van der Waals surface area (Å²) in [6, 6.07) is 16.1. The highest BCUT2D eigenvalue weighted by molar-refractivity contribution is 5.91. The summed E-state index contributed by atoms with van der Waals surface area (Å²) in [5.74, 6) is 0.484. The Balaban J connectivity index is 2.17. The molecule has 0 saturated carbocycles. The molecule has 0 aliphatic heterocycles. The van der Waals surface area contributed by atoms with E-state index >= 15 is 0 Å². The molecule has 4 heteroatoms. The molecular weight excluding hydrogens is 260 g/mol. The fourth-order valence-electron chi connectivity index (χ4n) is 2.82. The molecule has 0 unspecified atom stereocenters. The number of imidazole rings is 1. The van der Waals surface area contributed by atoms with Gasteiger partial charge in [-0.3, -0.25) is 9.55 Å². The van der Waals surface area contributed by atoms with Gasteiger partial charge >= 0.3 is 0 Å². The van der Waals surface area contributed by atoms with E-state index in [9.17, 15) is 0 Å². The fourth-order valence-corrected chi connectivity index (χ4v) is 2.82. The maximum atomic E-state index is 6.17. The van der Waals surface area contributed by atoms with Crippen molar-refractivity contribution in [1.29, 1.82) is 0 Å². The van der Waals surface area contributed by atoms with Crippen LogP contribution < -0.4 is 5.73 Å². The van der Waals surface area contributed by atoms with Gasteiger partial charge in [0.25, 0.3) is 0 Å². The Hall–Kier alpha value is -2.88. The number of nitrogen functional groups attached to an aromatic ring is 1. The van der Waals surface area contributed by atoms with Crippen LogP contribution in [0.3, 0.4) is 0 Å². The molecule has 0 bridgehead atoms. The zero-order valence-corrected chi connectivity index (χ0v) is 11.6. The average Bonchev–Trinajstić information content (AvgIpc) is 2.84. The Morgan fingerprint density at radius 1 is 1.00 bits per heavy atom. The lowest BCUT2D eigenvalue weighted by Crippen LogP contribution is -2.02. The van der Waals surface area contributed by atoms with Crippen molar-refractivity contribution >= 4 is 27.9 Å². The van der Waals surface area contributed by atoms with Gasteiger partial charge in [0.2, 0.25) is 5.95 Å². The van der Waals surface area contributed by atoms with Crippen molar-refractivity contribution < 1.29 is 0 Å². The molecule has 2 heterocycles. The van der Waals surface area contributed by atoms with E-state index in [2.05, 4.69) is 23.0 Å². The van der Waals surface area contributed by atoms with E-state index < -0.39 is 0 Å². The molecule has 0 amide bonds. The summed E-state index contributed by atoms with van der Waals surface area (Å²) in [5.41, 5.74) is 11.1. The van der Waals surface area contributed by atoms with Crippen LogP contribution in [0.2, 0.25) is 0 Å². The number of rotatable bonds is 1. The second kappa shape index (κ2) is 4.31. The standard InChI is InChI=1S/C17H14N4/c1-11-5-2-8-13-16(11)21(17(18)20-13)14-9-3-6-12-7-4-10-19-15(12)14/h2-10H,1H3,(H2,18,20). The molecule has 2 aromatic carbocycles. The van der Waals surface area contributed by atoms with Crippen molar-refractivity contribution in [2.45, 2.75) is 6.92 Å². The zero-order valence-electron chi connectivity index (χ0n) is 11.6. The van der Waals surface area contributed by atoms with Gasteiger partial charge in [0.15, 0.2) is 0 Å². The summed E-state index contributed by atoms with van der Waals surface area (Å²) in [7, 11) is 0. The van der Waals surface area contributed by atoms with E-state index in [-0.39, 0.29) is 0 Å². The number of nitrogens with zero attached hydrogens (tertiary/aromatic N) is 3. The summed E-state index contributed by atoms with van der Waals surface area (Å²) < 4.78 is 1.99. The smallest absolute Gasteiger partial charge is 0.206 e. The molecule has 0 radical (unpaired) electrons. The molecule has 21 heavy (non-hydrogen) atoms. The second-order valence-corrected chi connectivity index (χ2v) is 5.10. The predicted molar refractivity (Wildman–Crippen MR) is 85.5 cm³/mol. The molecule has 0 fully saturated rings. The SMILES string of the molecule is Cc1cccc2nc(N)n(-c3cccc4cccnc34)c12. The van der Waals surface area contributed by atoms with Gasteiger partial charge in [0.1, 0.15) is 0 Å². The van der Waals surface area contributed by atoms with Gasteiger partial charge in [-0.15, -0.1) is 0 Å². The quantitative estimate of drug-likeness (QED) is 0.578. The topological polar surface area (TPSA) is 56.7 Å². The van der Waals surface area contributed by atoms with Gasteiger partial charge in [-0.25, -0.2) is 4.98 Å². The minimum Gasteiger partial charge on any atom is -0.369 e. The van der Waals surface area contributed by atoms with Gasteiger partial charge < -0.3 is 5.73 Å². The first kappa shape index (κ1) is 11.9. The van der Waals surface area contributed by atoms with Gasteiger partial charge in [-0.2, -0.15) is 0 Å². The number of hydrogen-bond acceptors (Lipinski definition) is 3. The first-order chi connectivity index (χ1) is 10.3. The molecule has 2 aromatic heterocycles. The lowest BCUT2D eigenvalue weighted by atomic mass is 10.1. The number of para-hydroxylation sites is 2. The number of benzene rings is 2. The normalized spacial score (nSPS) is 11.3. The third kappa shape index (κ3) is 1.69. The van der Waals surface area contributed by atoms with Crippen molar-refractivity contribution in [2.75, 3.05) is 5.73 Å². The maximum absolute atomic E-state index is 6.17. The Bertz CT molecular complexity index is 964. The average molecular weight is 274 g/mol. The van der Waals surface area contributed by atoms with Crippen molar-refractivity contribution in [3.8, 4) is 5.69 Å². The molecular formula is C17H14N4. The largest absolute Gasteiger partial charge is 0.369 e. The number of aromatic nitrogens is 3. The Labute approximate surface area is 121 Å². The third-order valence-electron chi connectivity index (χ3n) is 3.76. The van der Waals surface area contributed by atoms with Crippen LogP contribution in [-0.2, 0) is 0 Å². The summed E-state index contributed by atoms with van der Waals surface area (Å²) in [6.45, 7) is 2.07. The molecule has 0 aliphatic carbocycles. The molecule has 4 rings (SSSR count). The molecule has 2 N–H and O–H groups in total. The van der Waals surface area contributed by atoms with E-state index in [0.717, 1.165) is 33.2 Å². The highest BCUT2D eigenvalue weighted by Gasteiger charge is 2.14. The molecule has 0 spiro atoms. The first-order valence-corrected chi connectivity index (χ1v) is 6.83. The molecule has 0 atom stereocenters. The van der Waals surface area contributed by atoms with Crippen LogP contribution >= 0.6 is 0 Å². The van der Waals surface area contributed by atoms with E-state index in [1.807, 2.05) is 47.0 Å². The van der Waals surface area contributed by atoms with Crippen LogP contribution in [0.1, 0.15) is 5.56 Å². The van der Waals surface area contributed by atoms with Crippen LogP contribution in [0, 0.1) is 6.92 Å². The summed E-state index contributed by atoms with van der Waals surface area (Å²) in [4.78, 5) is 8.98. The van der Waals surface area contributed by atoms with Gasteiger partial charge in [-0.1, -0.05) is 30.3 Å². The van der Waals surface area contributed by atoms with Crippen molar-refractivity contribution in [3.05, 3.63) is 60.3 Å². The van der Waals surface area contributed by atoms with Gasteiger partial charge in [0, 0.05) is 11.6 Å². The summed E-state index contributed by atoms with van der Waals surface area (Å²) in [6.07, 6.45) is 1.80. The third-order valence-corrected chi connectivity index (χ3v) is 3.76. The highest BCUT2D eigenvalue weighted by Crippen LogP contribution is 2.29. The fraction of sp³-hybridized carbons (Fsp3) is 0.0588. The minimum absolute atomic E-state index is 0.484. The van der Waals surface area contributed by atoms with E-state index in [4.69, 9.17) is 5.73 Å². The number of fused-ring (bicyclic) bond motifs is 2. The van der Waals surface area contributed by atoms with E-state index in [1.54, 1.807) is 6.20 Å². The number of hydrogen-bond donors (Lipinski definition) is 1. The van der Waals surface area contributed by atoms with Crippen molar-refractivity contribution in [2.24, 2.45) is 0 Å². The number of aryl methyl sites for hydroxylation is 1. The Kier molecular flexibility index (Phi) is 2.44.